The van der Waals surface area contributed by atoms with Gasteiger partial charge in [-0.1, -0.05) is 12.1 Å². The number of Topliss-reactive ketones (excluding diaryl/α,β-unsaturated/α-hetero) is 1. The first-order valence-electron chi connectivity index (χ1n) is 8.33. The molecular weight excluding hydrogens is 384 g/mol. The summed E-state index contributed by atoms with van der Waals surface area (Å²) in [6.45, 7) is 0. The molecule has 1 N–H and O–H groups in total. The van der Waals surface area contributed by atoms with Gasteiger partial charge >= 0.3 is 0 Å². The van der Waals surface area contributed by atoms with Crippen LogP contribution >= 0.6 is 11.3 Å². The summed E-state index contributed by atoms with van der Waals surface area (Å²) in [6, 6.07) is 12.9. The lowest BCUT2D eigenvalue weighted by atomic mass is 9.99. The average Bonchev–Trinajstić information content (AvgIpc) is 3.29. The molecule has 1 aliphatic rings. The first-order chi connectivity index (χ1) is 13.5. The normalized spacial score (nSPS) is 18.6. The van der Waals surface area contributed by atoms with Crippen molar-refractivity contribution in [3.63, 3.8) is 0 Å². The molecule has 28 heavy (non-hydrogen) atoms. The van der Waals surface area contributed by atoms with Crippen molar-refractivity contribution in [1.82, 2.24) is 0 Å². The van der Waals surface area contributed by atoms with E-state index in [1.807, 2.05) is 0 Å². The second-order valence-electron chi connectivity index (χ2n) is 6.17. The van der Waals surface area contributed by atoms with Crippen LogP contribution in [-0.4, -0.2) is 16.8 Å². The van der Waals surface area contributed by atoms with Crippen molar-refractivity contribution in [3.05, 3.63) is 93.7 Å². The summed E-state index contributed by atoms with van der Waals surface area (Å²) in [5.74, 6) is -3.21. The predicted molar refractivity (Wildman–Crippen MR) is 102 cm³/mol. The van der Waals surface area contributed by atoms with Gasteiger partial charge in [-0.05, 0) is 53.9 Å². The van der Waals surface area contributed by atoms with E-state index in [9.17, 15) is 23.5 Å². The molecule has 1 atom stereocenters. The number of hydrogen-bond acceptors (Lipinski definition) is 4. The lowest BCUT2D eigenvalue weighted by molar-refractivity contribution is -0.132. The van der Waals surface area contributed by atoms with Crippen LogP contribution in [0.3, 0.4) is 0 Å². The third-order valence-corrected chi connectivity index (χ3v) is 5.39. The molecule has 1 amide bonds. The van der Waals surface area contributed by atoms with Gasteiger partial charge in [-0.2, -0.15) is 0 Å². The van der Waals surface area contributed by atoms with Crippen molar-refractivity contribution in [2.45, 2.75) is 6.04 Å². The van der Waals surface area contributed by atoms with Crippen LogP contribution in [0.15, 0.2) is 71.6 Å². The van der Waals surface area contributed by atoms with E-state index >= 15 is 0 Å². The maximum atomic E-state index is 13.8. The van der Waals surface area contributed by atoms with Crippen LogP contribution in [0, 0.1) is 11.6 Å². The molecule has 1 unspecified atom stereocenters. The first kappa shape index (κ1) is 18.1. The number of nitrogens with zero attached hydrogens (tertiary/aromatic N) is 1. The summed E-state index contributed by atoms with van der Waals surface area (Å²) < 4.78 is 27.0. The predicted octanol–water partition coefficient (Wildman–Crippen LogP) is 4.65. The van der Waals surface area contributed by atoms with Crippen LogP contribution in [0.2, 0.25) is 0 Å². The van der Waals surface area contributed by atoms with E-state index in [0.717, 1.165) is 18.2 Å². The van der Waals surface area contributed by atoms with Crippen molar-refractivity contribution in [1.29, 1.82) is 0 Å². The lowest BCUT2D eigenvalue weighted by Crippen LogP contribution is -2.29. The Morgan fingerprint density at radius 1 is 0.964 bits per heavy atom. The fraction of sp³-hybridized carbons (Fsp3) is 0.0476. The van der Waals surface area contributed by atoms with Crippen LogP contribution in [0.1, 0.15) is 16.5 Å². The number of ketones is 1. The second-order valence-corrected chi connectivity index (χ2v) is 7.15. The Hall–Kier alpha value is -3.32. The van der Waals surface area contributed by atoms with E-state index in [2.05, 4.69) is 0 Å². The highest BCUT2D eigenvalue weighted by atomic mass is 32.1. The summed E-state index contributed by atoms with van der Waals surface area (Å²) in [7, 11) is 0. The van der Waals surface area contributed by atoms with Gasteiger partial charge in [0.05, 0.1) is 5.57 Å². The van der Waals surface area contributed by atoms with Gasteiger partial charge < -0.3 is 5.11 Å². The summed E-state index contributed by atoms with van der Waals surface area (Å²) in [5, 5.41) is 12.6. The van der Waals surface area contributed by atoms with Gasteiger partial charge in [-0.3, -0.25) is 14.5 Å². The Balaban J connectivity index is 1.93. The molecule has 0 aliphatic carbocycles. The summed E-state index contributed by atoms with van der Waals surface area (Å²) in [6.07, 6.45) is 0. The quantitative estimate of drug-likeness (QED) is 0.398. The fourth-order valence-electron chi connectivity index (χ4n) is 3.20. The van der Waals surface area contributed by atoms with E-state index in [4.69, 9.17) is 0 Å². The zero-order valence-corrected chi connectivity index (χ0v) is 15.1. The molecule has 2 heterocycles. The fourth-order valence-corrected chi connectivity index (χ4v) is 4.03. The molecular formula is C21H13F2NO3S. The van der Waals surface area contributed by atoms with E-state index in [0.29, 0.717) is 4.88 Å². The molecule has 2 aromatic carbocycles. The molecule has 7 heteroatoms. The maximum Gasteiger partial charge on any atom is 0.300 e. The molecule has 140 valence electrons. The molecule has 4 rings (SSSR count). The van der Waals surface area contributed by atoms with Crippen LogP contribution in [0.5, 0.6) is 0 Å². The zero-order valence-electron chi connectivity index (χ0n) is 14.3. The number of halogens is 2. The maximum absolute atomic E-state index is 13.8. The van der Waals surface area contributed by atoms with E-state index < -0.39 is 35.1 Å². The number of amides is 1. The van der Waals surface area contributed by atoms with Crippen molar-refractivity contribution in [2.75, 3.05) is 4.90 Å². The number of anilines is 1. The Morgan fingerprint density at radius 2 is 1.71 bits per heavy atom. The van der Waals surface area contributed by atoms with Gasteiger partial charge in [0.25, 0.3) is 11.7 Å². The molecule has 1 aromatic heterocycles. The molecule has 3 aromatic rings. The van der Waals surface area contributed by atoms with Crippen LogP contribution in [0.4, 0.5) is 14.5 Å². The molecule has 1 fully saturated rings. The number of hydrogen-bond donors (Lipinski definition) is 1. The Morgan fingerprint density at radius 3 is 2.36 bits per heavy atom. The number of rotatable bonds is 3. The Bertz CT molecular complexity index is 1090. The molecule has 1 saturated heterocycles. The highest BCUT2D eigenvalue weighted by molar-refractivity contribution is 7.10. The van der Waals surface area contributed by atoms with Crippen molar-refractivity contribution >= 4 is 34.5 Å². The number of carbonyl (C=O) groups excluding carboxylic acids is 2. The lowest BCUT2D eigenvalue weighted by Gasteiger charge is -2.24. The molecule has 0 spiro atoms. The van der Waals surface area contributed by atoms with Crippen LogP contribution < -0.4 is 4.90 Å². The van der Waals surface area contributed by atoms with E-state index in [1.165, 1.54) is 46.6 Å². The average molecular weight is 397 g/mol. The number of benzene rings is 2. The third-order valence-electron chi connectivity index (χ3n) is 4.46. The standard InChI is InChI=1S/C21H13F2NO3S/c22-13-8-6-12(7-9-13)19(25)17-18(16-5-2-10-28-16)24(21(27)20(17)26)15-4-1-3-14(23)11-15/h1-11,18,25H/b19-17-. The van der Waals surface area contributed by atoms with Crippen LogP contribution in [-0.2, 0) is 9.59 Å². The first-order valence-corrected chi connectivity index (χ1v) is 9.21. The van der Waals surface area contributed by atoms with E-state index in [1.54, 1.807) is 17.5 Å². The largest absolute Gasteiger partial charge is 0.507 e. The van der Waals surface area contributed by atoms with Gasteiger partial charge in [0.2, 0.25) is 0 Å². The Kier molecular flexibility index (Phi) is 4.52. The molecule has 0 bridgehead atoms. The van der Waals surface area contributed by atoms with E-state index in [-0.39, 0.29) is 16.8 Å². The highest BCUT2D eigenvalue weighted by Crippen LogP contribution is 2.43. The molecule has 1 aliphatic heterocycles. The van der Waals surface area contributed by atoms with Crippen molar-refractivity contribution in [3.8, 4) is 0 Å². The number of thiophene rings is 1. The minimum Gasteiger partial charge on any atom is -0.507 e. The van der Waals surface area contributed by atoms with Gasteiger partial charge in [0, 0.05) is 16.1 Å². The minimum absolute atomic E-state index is 0.122. The second kappa shape index (κ2) is 7.01. The summed E-state index contributed by atoms with van der Waals surface area (Å²) in [5.41, 5.74) is 0.294. The van der Waals surface area contributed by atoms with Crippen LogP contribution in [0.25, 0.3) is 5.76 Å². The molecule has 0 radical (unpaired) electrons. The smallest absolute Gasteiger partial charge is 0.300 e. The highest BCUT2D eigenvalue weighted by Gasteiger charge is 2.47. The van der Waals surface area contributed by atoms with Crippen molar-refractivity contribution < 1.29 is 23.5 Å². The molecule has 0 saturated carbocycles. The minimum atomic E-state index is -0.910. The topological polar surface area (TPSA) is 57.6 Å². The summed E-state index contributed by atoms with van der Waals surface area (Å²) >= 11 is 1.30. The Labute approximate surface area is 163 Å². The summed E-state index contributed by atoms with van der Waals surface area (Å²) in [4.78, 5) is 27.4. The number of aliphatic hydroxyl groups excluding tert-OH is 1. The van der Waals surface area contributed by atoms with Crippen molar-refractivity contribution in [2.24, 2.45) is 0 Å². The van der Waals surface area contributed by atoms with Gasteiger partial charge in [0.1, 0.15) is 23.4 Å². The SMILES string of the molecule is O=C1C(=O)N(c2cccc(F)c2)C(c2cccs2)/C1=C(/O)c1ccc(F)cc1. The van der Waals surface area contributed by atoms with Gasteiger partial charge in [-0.25, -0.2) is 8.78 Å². The van der Waals surface area contributed by atoms with Gasteiger partial charge in [-0.15, -0.1) is 11.3 Å². The number of aliphatic hydroxyl groups is 1. The zero-order chi connectivity index (χ0) is 19.8. The number of carbonyl (C=O) groups is 2. The molecule has 4 nitrogen and oxygen atoms in total. The third kappa shape index (κ3) is 2.99. The monoisotopic (exact) mass is 397 g/mol. The van der Waals surface area contributed by atoms with Gasteiger partial charge in [0.15, 0.2) is 0 Å².